The third-order valence-electron chi connectivity index (χ3n) is 14.7. The summed E-state index contributed by atoms with van der Waals surface area (Å²) in [6.45, 7) is 1.02. The van der Waals surface area contributed by atoms with Crippen LogP contribution in [0.4, 0.5) is 11.4 Å². The average Bonchev–Trinajstić information content (AvgIpc) is 4.31. The predicted octanol–water partition coefficient (Wildman–Crippen LogP) is 16.9. The molecule has 450 valence electrons. The van der Waals surface area contributed by atoms with Crippen molar-refractivity contribution in [2.45, 2.75) is 62.4 Å². The van der Waals surface area contributed by atoms with Crippen molar-refractivity contribution in [2.24, 2.45) is 0 Å². The molecule has 0 aliphatic heterocycles. The highest BCUT2D eigenvalue weighted by Gasteiger charge is 2.31. The number of hydrogen-bond acceptors (Lipinski definition) is 14. The minimum Gasteiger partial charge on any atom is -0.497 e. The zero-order valence-electron chi connectivity index (χ0n) is 49.2. The van der Waals surface area contributed by atoms with Crippen molar-refractivity contribution in [2.75, 3.05) is 51.5 Å². The highest BCUT2D eigenvalue weighted by Crippen LogP contribution is 2.42. The molecule has 16 nitrogen and oxygen atoms in total. The molecule has 0 aliphatic carbocycles. The molecule has 2 aromatic heterocycles. The van der Waals surface area contributed by atoms with Crippen molar-refractivity contribution < 1.29 is 46.8 Å². The Morgan fingerprint density at radius 1 is 0.386 bits per heavy atom. The van der Waals surface area contributed by atoms with Crippen molar-refractivity contribution in [1.82, 2.24) is 20.4 Å². The predicted molar refractivity (Wildman–Crippen MR) is 341 cm³/mol. The normalized spacial score (nSPS) is 11.8. The van der Waals surface area contributed by atoms with Crippen molar-refractivity contribution in [1.29, 1.82) is 0 Å². The van der Waals surface area contributed by atoms with Crippen molar-refractivity contribution in [3.05, 3.63) is 216 Å². The molecule has 0 N–H and O–H groups in total. The van der Waals surface area contributed by atoms with Gasteiger partial charge in [-0.05, 0) is 171 Å². The monoisotopic (exact) mass is 1220 g/mol. The van der Waals surface area contributed by atoms with Crippen LogP contribution in [0.2, 0.25) is 0 Å². The number of methoxy groups -OCH3 is 4. The molecule has 88 heavy (non-hydrogen) atoms. The van der Waals surface area contributed by atoms with Crippen LogP contribution >= 0.6 is 23.2 Å². The SMILES string of the molecule is COc1ccc(C(=O)N(c2ccc(-c3nnc(-c4ccccc4)o3)cc2)C(Cl)c2cc(OCCCCCCCCCCOc3ccc(OC)c(C(Cl)N(C(=O)c4ccc(OC)cc4)c4ccc(-c5nnc(-c6ccccc6)o5)cc4)c3)ccc2OC)cc1. The van der Waals surface area contributed by atoms with Gasteiger partial charge >= 0.3 is 0 Å². The maximum atomic E-state index is 14.5. The fraction of sp³-hybridized carbons (Fsp3) is 0.229. The molecule has 2 heterocycles. The number of carbonyl (C=O) groups excluding carboxylic acids is 2. The van der Waals surface area contributed by atoms with Crippen LogP contribution in [0.3, 0.4) is 0 Å². The van der Waals surface area contributed by atoms with Crippen LogP contribution in [0.25, 0.3) is 45.8 Å². The third kappa shape index (κ3) is 15.1. The number of anilines is 2. The number of ether oxygens (including phenoxy) is 6. The van der Waals surface area contributed by atoms with E-state index < -0.39 is 11.0 Å². The lowest BCUT2D eigenvalue weighted by atomic mass is 10.1. The lowest BCUT2D eigenvalue weighted by Crippen LogP contribution is -2.32. The Morgan fingerprint density at radius 3 is 1.03 bits per heavy atom. The first-order valence-corrected chi connectivity index (χ1v) is 29.8. The van der Waals surface area contributed by atoms with Crippen molar-refractivity contribution in [3.8, 4) is 80.3 Å². The molecule has 0 saturated carbocycles. The first-order chi connectivity index (χ1) is 43.1. The summed E-state index contributed by atoms with van der Waals surface area (Å²) in [6.07, 6.45) is 8.10. The first kappa shape index (κ1) is 61.4. The second kappa shape index (κ2) is 30.1. The Hall–Kier alpha value is -9.64. The largest absolute Gasteiger partial charge is 0.497 e. The van der Waals surface area contributed by atoms with Crippen molar-refractivity contribution >= 4 is 46.4 Å². The number of nitrogens with zero attached hydrogens (tertiary/aromatic N) is 6. The summed E-state index contributed by atoms with van der Waals surface area (Å²) in [5, 5.41) is 17.0. The molecule has 10 aromatic rings. The van der Waals surface area contributed by atoms with Crippen LogP contribution in [-0.4, -0.2) is 73.9 Å². The second-order valence-corrected chi connectivity index (χ2v) is 21.3. The number of carbonyl (C=O) groups is 2. The number of rotatable bonds is 29. The molecule has 0 aliphatic rings. The molecular weight excluding hydrogens is 1160 g/mol. The zero-order valence-corrected chi connectivity index (χ0v) is 50.7. The van der Waals surface area contributed by atoms with Crippen LogP contribution < -0.4 is 38.2 Å². The Balaban J connectivity index is 0.701. The van der Waals surface area contributed by atoms with Gasteiger partial charge in [-0.1, -0.05) is 98.1 Å². The van der Waals surface area contributed by atoms with E-state index in [-0.39, 0.29) is 11.8 Å². The van der Waals surface area contributed by atoms with E-state index in [0.717, 1.165) is 62.5 Å². The Bertz CT molecular complexity index is 3600. The summed E-state index contributed by atoms with van der Waals surface area (Å²) < 4.78 is 46.9. The summed E-state index contributed by atoms with van der Waals surface area (Å²) in [5.41, 5.74) is 3.96. The molecule has 0 saturated heterocycles. The molecule has 0 spiro atoms. The van der Waals surface area contributed by atoms with E-state index in [1.54, 1.807) is 113 Å². The van der Waals surface area contributed by atoms with Crippen LogP contribution in [0.5, 0.6) is 34.5 Å². The maximum absolute atomic E-state index is 14.5. The number of unbranched alkanes of at least 4 members (excludes halogenated alkanes) is 7. The fourth-order valence-electron chi connectivity index (χ4n) is 9.95. The molecule has 2 unspecified atom stereocenters. The molecule has 10 rings (SSSR count). The lowest BCUT2D eigenvalue weighted by molar-refractivity contribution is 0.0975. The molecule has 0 radical (unpaired) electrons. The van der Waals surface area contributed by atoms with Gasteiger partial charge in [0.25, 0.3) is 11.8 Å². The van der Waals surface area contributed by atoms with Gasteiger partial charge in [-0.15, -0.1) is 20.4 Å². The van der Waals surface area contributed by atoms with Crippen LogP contribution in [0.1, 0.15) is 94.2 Å². The molecule has 0 fully saturated rings. The molecule has 2 atom stereocenters. The van der Waals surface area contributed by atoms with Gasteiger partial charge in [0.05, 0.1) is 41.7 Å². The summed E-state index contributed by atoms with van der Waals surface area (Å²) in [4.78, 5) is 32.0. The lowest BCUT2D eigenvalue weighted by Gasteiger charge is -2.29. The number of benzene rings is 8. The van der Waals surface area contributed by atoms with Gasteiger partial charge in [0, 0.05) is 55.9 Å². The van der Waals surface area contributed by atoms with Gasteiger partial charge in [0.15, 0.2) is 0 Å². The van der Waals surface area contributed by atoms with Crippen LogP contribution in [0.15, 0.2) is 203 Å². The number of alkyl halides is 2. The van der Waals surface area contributed by atoms with Crippen LogP contribution in [0, 0.1) is 0 Å². The minimum atomic E-state index is -1.00. The van der Waals surface area contributed by atoms with Gasteiger partial charge in [0.1, 0.15) is 45.5 Å². The molecule has 2 amide bonds. The zero-order chi connectivity index (χ0) is 61.2. The van der Waals surface area contributed by atoms with Crippen LogP contribution in [-0.2, 0) is 0 Å². The van der Waals surface area contributed by atoms with E-state index >= 15 is 0 Å². The van der Waals surface area contributed by atoms with E-state index in [0.29, 0.717) is 116 Å². The van der Waals surface area contributed by atoms with E-state index in [4.69, 9.17) is 60.5 Å². The van der Waals surface area contributed by atoms with Gasteiger partial charge in [0.2, 0.25) is 23.6 Å². The average molecular weight is 1220 g/mol. The standard InChI is InChI=1S/C70H66Cl2N6O10/c1-81-55-35-27-51(28-36-55)69(79)77(53-31-23-49(24-32-53)67-75-73-65(87-67)47-19-13-11-14-20-47)63(71)59-45-57(39-41-61(59)83-3)85-43-17-9-7-5-6-8-10-18-44-86-58-40-42-62(84-4)60(46-58)64(72)78(70(80)52-29-37-56(82-2)38-30-52)54-33-25-50(26-34-54)68-76-74-66(88-68)48-21-15-12-16-22-48/h11-16,19-42,45-46,63-64H,5-10,17-18,43-44H2,1-4H3. The van der Waals surface area contributed by atoms with E-state index in [9.17, 15) is 9.59 Å². The highest BCUT2D eigenvalue weighted by atomic mass is 35.5. The maximum Gasteiger partial charge on any atom is 0.259 e. The molecular formula is C70H66Cl2N6O10. The Kier molecular flexibility index (Phi) is 21.0. The Labute approximate surface area is 521 Å². The third-order valence-corrected chi connectivity index (χ3v) is 15.6. The molecule has 0 bridgehead atoms. The summed E-state index contributed by atoms with van der Waals surface area (Å²) in [5.74, 6) is 4.26. The highest BCUT2D eigenvalue weighted by molar-refractivity contribution is 6.27. The molecule has 8 aromatic carbocycles. The second-order valence-electron chi connectivity index (χ2n) is 20.5. The Morgan fingerprint density at radius 2 is 0.705 bits per heavy atom. The number of hydrogen-bond donors (Lipinski definition) is 0. The van der Waals surface area contributed by atoms with Gasteiger partial charge in [-0.25, -0.2) is 0 Å². The summed E-state index contributed by atoms with van der Waals surface area (Å²) in [6, 6.07) is 58.3. The first-order valence-electron chi connectivity index (χ1n) is 29.0. The van der Waals surface area contributed by atoms with Gasteiger partial charge < -0.3 is 37.3 Å². The number of amides is 2. The fourth-order valence-corrected chi connectivity index (χ4v) is 10.7. The summed E-state index contributed by atoms with van der Waals surface area (Å²) in [7, 11) is 6.29. The number of halogens is 2. The van der Waals surface area contributed by atoms with Gasteiger partial charge in [-0.3, -0.25) is 19.4 Å². The van der Waals surface area contributed by atoms with Gasteiger partial charge in [-0.2, -0.15) is 0 Å². The minimum absolute atomic E-state index is 0.336. The smallest absolute Gasteiger partial charge is 0.259 e. The number of aromatic nitrogens is 4. The topological polar surface area (TPSA) is 174 Å². The van der Waals surface area contributed by atoms with E-state index in [1.165, 1.54) is 9.80 Å². The van der Waals surface area contributed by atoms with E-state index in [1.807, 2.05) is 109 Å². The quantitative estimate of drug-likeness (QED) is 0.0246. The van der Waals surface area contributed by atoms with E-state index in [2.05, 4.69) is 20.4 Å². The van der Waals surface area contributed by atoms with Crippen molar-refractivity contribution in [3.63, 3.8) is 0 Å². The summed E-state index contributed by atoms with van der Waals surface area (Å²) >= 11 is 14.8. The molecule has 18 heteroatoms.